The first-order valence-electron chi connectivity index (χ1n) is 42.7. The Morgan fingerprint density at radius 2 is 0.196 bits per heavy atom. The second-order valence-electron chi connectivity index (χ2n) is 33.5. The summed E-state index contributed by atoms with van der Waals surface area (Å²) in [6.45, 7) is 38.7. The average molecular weight is 1820 g/mol. The SMILES string of the molecule is CC(C)[O-].CC(C)[O-].CC(C)[O-].CC(C)[O-].CC(C)[O-].CC(C)[O-].CC(C)[O-].CC(C)[O-].CC(C)[O-].CC(C)[O-].CC(C)[O-].CC(C)[O-].O=P([O-])(C1CCCCC1)C1CCCCC1.O=P([O-])(C1CCCCC1)C1CCCCC1.O=P([O-])(C1CCCCC1)C1CCCCC1.O=P([O-])(C1CCCCC1)C1CCCCC1.[Ti+4].[Ti+4].[Ti+4].[Ti+4]. The van der Waals surface area contributed by atoms with Crippen molar-refractivity contribution in [2.45, 2.75) is 542 Å². The summed E-state index contributed by atoms with van der Waals surface area (Å²) in [6.07, 6.45) is 38.0. The standard InChI is InChI=1S/4C12H23O2P.12C3H7O.4Ti/c4*13-15(14,11-7-3-1-4-8-11)12-9-5-2-6-10-12;12*1-3(2)4;;;;/h4*11-12H,1-10H2,(H,13,14);12*3H,1-2H3;;;;/q;;;;12*-1;4*+4/p-4. The quantitative estimate of drug-likeness (QED) is 0.161. The van der Waals surface area contributed by atoms with E-state index < -0.39 is 103 Å². The fourth-order valence-electron chi connectivity index (χ4n) is 12.7. The van der Waals surface area contributed by atoms with Gasteiger partial charge in [-0.3, -0.25) is 0 Å². The Morgan fingerprint density at radius 1 is 0.152 bits per heavy atom. The molecule has 28 heteroatoms. The molecule has 0 radical (unpaired) electrons. The van der Waals surface area contributed by atoms with Crippen LogP contribution in [0.25, 0.3) is 0 Å². The molecule has 0 aromatic carbocycles. The van der Waals surface area contributed by atoms with E-state index in [1.54, 1.807) is 166 Å². The number of rotatable bonds is 8. The molecule has 0 unspecified atom stereocenters. The molecule has 664 valence electrons. The predicted molar refractivity (Wildman–Crippen MR) is 427 cm³/mol. The minimum absolute atomic E-state index is 0. The van der Waals surface area contributed by atoms with Gasteiger partial charge in [-0.15, -0.1) is 73.2 Å². The van der Waals surface area contributed by atoms with E-state index in [4.69, 9.17) is 0 Å². The van der Waals surface area contributed by atoms with Gasteiger partial charge in [-0.05, 0) is 103 Å². The van der Waals surface area contributed by atoms with Crippen LogP contribution in [0.1, 0.15) is 423 Å². The molecule has 0 aliphatic heterocycles. The van der Waals surface area contributed by atoms with E-state index in [9.17, 15) is 99.1 Å². The first kappa shape index (κ1) is 141. The Labute approximate surface area is 750 Å². The number of hydrogen-bond donors (Lipinski definition) is 0. The molecule has 8 aliphatic rings. The van der Waals surface area contributed by atoms with Crippen molar-refractivity contribution in [2.75, 3.05) is 0 Å². The molecule has 0 aromatic heterocycles. The summed E-state index contributed by atoms with van der Waals surface area (Å²) in [4.78, 5) is 49.5. The molecule has 0 aromatic rings. The van der Waals surface area contributed by atoms with Crippen LogP contribution in [0.5, 0.6) is 0 Å². The van der Waals surface area contributed by atoms with E-state index in [1.807, 2.05) is 0 Å². The van der Waals surface area contributed by atoms with E-state index in [0.29, 0.717) is 0 Å². The summed E-state index contributed by atoms with van der Waals surface area (Å²) < 4.78 is 49.5. The molecule has 8 saturated carbocycles. The Hall–Kier alpha value is 3.14. The summed E-state index contributed by atoms with van der Waals surface area (Å²) in [5.74, 6) is 0. The molecule has 0 bridgehead atoms. The minimum atomic E-state index is -3.09. The van der Waals surface area contributed by atoms with E-state index in [0.717, 1.165) is 205 Å². The van der Waals surface area contributed by atoms with Gasteiger partial charge in [0, 0.05) is 74.7 Å². The van der Waals surface area contributed by atoms with Crippen LogP contribution < -0.4 is 80.9 Å². The van der Waals surface area contributed by atoms with Crippen LogP contribution in [-0.4, -0.2) is 119 Å². The van der Waals surface area contributed by atoms with Crippen molar-refractivity contribution in [1.29, 1.82) is 0 Å². The van der Waals surface area contributed by atoms with Crippen molar-refractivity contribution in [3.8, 4) is 0 Å². The molecule has 0 atom stereocenters. The maximum Gasteiger partial charge on any atom is 4.00 e. The van der Waals surface area contributed by atoms with Crippen LogP contribution in [-0.2, 0) is 105 Å². The molecule has 112 heavy (non-hydrogen) atoms. The molecule has 0 N–H and O–H groups in total. The molecule has 20 nitrogen and oxygen atoms in total. The summed E-state index contributed by atoms with van der Waals surface area (Å²) in [5, 5.41) is 114. The van der Waals surface area contributed by atoms with E-state index in [2.05, 4.69) is 0 Å². The molecule has 0 amide bonds. The Balaban J connectivity index is -0.0000000993. The van der Waals surface area contributed by atoms with Crippen LogP contribution in [0, 0.1) is 0 Å². The Morgan fingerprint density at radius 3 is 0.241 bits per heavy atom. The van der Waals surface area contributed by atoms with Gasteiger partial charge < -0.3 is 99.1 Å². The van der Waals surface area contributed by atoms with Crippen LogP contribution in [0.2, 0.25) is 0 Å². The molecular formula is C84H172O20P4Ti4. The zero-order chi connectivity index (χ0) is 85.8. The molecule has 8 rings (SSSR count). The van der Waals surface area contributed by atoms with Crippen LogP contribution in [0.3, 0.4) is 0 Å². The molecule has 8 aliphatic carbocycles. The zero-order valence-corrected chi connectivity index (χ0v) is 85.6. The van der Waals surface area contributed by atoms with Gasteiger partial charge in [0.05, 0.1) is 0 Å². The van der Waals surface area contributed by atoms with Crippen molar-refractivity contribution >= 4 is 29.5 Å². The van der Waals surface area contributed by atoms with Crippen LogP contribution in [0.15, 0.2) is 0 Å². The van der Waals surface area contributed by atoms with E-state index >= 15 is 0 Å². The maximum atomic E-state index is 12.4. The van der Waals surface area contributed by atoms with Crippen molar-refractivity contribution in [3.63, 3.8) is 0 Å². The van der Waals surface area contributed by atoms with Gasteiger partial charge >= 0.3 is 86.9 Å². The summed E-state index contributed by atoms with van der Waals surface area (Å²) >= 11 is 0. The first-order chi connectivity index (χ1) is 49.6. The van der Waals surface area contributed by atoms with Gasteiger partial charge in [-0.1, -0.05) is 320 Å². The Kier molecular flexibility index (Phi) is 114. The van der Waals surface area contributed by atoms with Gasteiger partial charge in [0.2, 0.25) is 0 Å². The van der Waals surface area contributed by atoms with Crippen LogP contribution in [0.4, 0.5) is 0 Å². The predicted octanol–water partition coefficient (Wildman–Crippen LogP) is 10.2. The zero-order valence-electron chi connectivity index (χ0n) is 75.8. The van der Waals surface area contributed by atoms with Gasteiger partial charge in [-0.25, -0.2) is 0 Å². The van der Waals surface area contributed by atoms with Gasteiger partial charge in [-0.2, -0.15) is 0 Å². The fraction of sp³-hybridized carbons (Fsp3) is 1.00. The monoisotopic (exact) mass is 1820 g/mol. The van der Waals surface area contributed by atoms with Crippen LogP contribution >= 0.6 is 29.5 Å². The fourth-order valence-corrected chi connectivity index (χ4v) is 23.8. The summed E-state index contributed by atoms with van der Waals surface area (Å²) in [7, 11) is -12.4. The van der Waals surface area contributed by atoms with Gasteiger partial charge in [0.1, 0.15) is 0 Å². The summed E-state index contributed by atoms with van der Waals surface area (Å²) in [5.41, 5.74) is 0.291. The second kappa shape index (κ2) is 90.4. The third kappa shape index (κ3) is 107. The number of hydrogen-bond acceptors (Lipinski definition) is 20. The minimum Gasteiger partial charge on any atom is -0.852 e. The van der Waals surface area contributed by atoms with E-state index in [1.165, 1.54) is 51.4 Å². The summed E-state index contributed by atoms with van der Waals surface area (Å²) in [6, 6.07) is 0. The molecule has 8 fully saturated rings. The van der Waals surface area contributed by atoms with Gasteiger partial charge in [0.25, 0.3) is 0 Å². The molecular weight excluding hydrogens is 1640 g/mol. The van der Waals surface area contributed by atoms with Crippen molar-refractivity contribution in [1.82, 2.24) is 0 Å². The molecule has 0 saturated heterocycles. The van der Waals surface area contributed by atoms with Crippen molar-refractivity contribution in [2.24, 2.45) is 0 Å². The maximum absolute atomic E-state index is 12.4. The third-order valence-electron chi connectivity index (χ3n) is 16.7. The van der Waals surface area contributed by atoms with Gasteiger partial charge in [0.15, 0.2) is 0 Å². The molecule has 0 heterocycles. The normalized spacial score (nSPS) is 18.2. The largest absolute Gasteiger partial charge is 4.00 e. The second-order valence-corrected chi connectivity index (χ2v) is 44.5. The smallest absolute Gasteiger partial charge is 0.852 e. The molecule has 0 spiro atoms. The third-order valence-corrected chi connectivity index (χ3v) is 28.9. The topological polar surface area (TPSA) is 437 Å². The van der Waals surface area contributed by atoms with Crippen molar-refractivity contribution in [3.05, 3.63) is 0 Å². The first-order valence-corrected chi connectivity index (χ1v) is 49.8. The average Bonchev–Trinajstić information content (AvgIpc) is 0.842. The van der Waals surface area contributed by atoms with E-state index in [-0.39, 0.29) is 132 Å². The van der Waals surface area contributed by atoms with Crippen molar-refractivity contribution < 1.29 is 186 Å². The Bertz CT molecular complexity index is 1570.